The number of quaternary nitrogens is 1. The van der Waals surface area contributed by atoms with Crippen LogP contribution < -0.4 is 26.0 Å². The predicted molar refractivity (Wildman–Crippen MR) is 153 cm³/mol. The largest absolute Gasteiger partial charge is 0.494 e. The summed E-state index contributed by atoms with van der Waals surface area (Å²) in [6.07, 6.45) is 5.86. The number of rotatable bonds is 9. The molecule has 2 aliphatic heterocycles. The summed E-state index contributed by atoms with van der Waals surface area (Å²) in [4.78, 5) is 26.6. The molecule has 2 aliphatic rings. The normalized spacial score (nSPS) is 16.5. The number of likely N-dealkylation sites (tertiary alicyclic amines) is 1. The van der Waals surface area contributed by atoms with Crippen LogP contribution in [0.3, 0.4) is 0 Å². The first-order chi connectivity index (χ1) is 18.9. The molecule has 2 aromatic carbocycles. The van der Waals surface area contributed by atoms with Crippen LogP contribution in [-0.4, -0.2) is 67.8 Å². The molecule has 3 aromatic rings. The number of methoxy groups -OCH3 is 1. The monoisotopic (exact) mass is 530 g/mol. The van der Waals surface area contributed by atoms with Crippen molar-refractivity contribution in [3.05, 3.63) is 65.6 Å². The van der Waals surface area contributed by atoms with E-state index in [1.54, 1.807) is 14.0 Å². The zero-order valence-corrected chi connectivity index (χ0v) is 22.9. The van der Waals surface area contributed by atoms with Crippen LogP contribution in [0.1, 0.15) is 41.4 Å². The summed E-state index contributed by atoms with van der Waals surface area (Å²) >= 11 is 0. The summed E-state index contributed by atoms with van der Waals surface area (Å²) in [6.45, 7) is 4.04. The molecule has 1 unspecified atom stereocenters. The summed E-state index contributed by atoms with van der Waals surface area (Å²) in [5.74, 6) is 0.463. The Morgan fingerprint density at radius 1 is 1.31 bits per heavy atom. The number of ether oxygens (including phenoxy) is 2. The SMILES string of the molecule is CCOC(=O)c1cnc(Nc2cc(N)c(N(C)CC3CCCN3C)cc2OC)nc1C1=C[NH2+]c2ccccc21. The molecule has 204 valence electrons. The maximum Gasteiger partial charge on any atom is 0.341 e. The molecule has 0 aliphatic carbocycles. The van der Waals surface area contributed by atoms with Crippen molar-refractivity contribution in [2.24, 2.45) is 0 Å². The topological polar surface area (TPSA) is 122 Å². The van der Waals surface area contributed by atoms with Crippen molar-refractivity contribution in [3.63, 3.8) is 0 Å². The number of nitrogens with two attached hydrogens (primary N) is 2. The zero-order valence-electron chi connectivity index (χ0n) is 22.9. The van der Waals surface area contributed by atoms with Crippen molar-refractivity contribution in [1.82, 2.24) is 14.9 Å². The van der Waals surface area contributed by atoms with E-state index >= 15 is 0 Å². The Hall–Kier alpha value is -4.15. The van der Waals surface area contributed by atoms with Gasteiger partial charge in [0.25, 0.3) is 0 Å². The minimum absolute atomic E-state index is 0.258. The first kappa shape index (κ1) is 26.5. The maximum atomic E-state index is 12.8. The summed E-state index contributed by atoms with van der Waals surface area (Å²) < 4.78 is 11.0. The van der Waals surface area contributed by atoms with E-state index in [1.807, 2.05) is 47.9 Å². The standard InChI is InChI=1S/C29H35N7O3/c1-5-39-28(37)21-16-32-29(34-27(21)20-15-31-23-11-7-6-10-19(20)23)33-24-13-22(30)25(14-26(24)38-4)36(3)17-18-9-8-12-35(18)2/h6-7,10-11,13-16,18,31H,5,8-9,12,17,30H2,1-4H3,(H,32,33,34)/p+1. The molecule has 1 atom stereocenters. The molecule has 0 saturated carbocycles. The predicted octanol–water partition coefficient (Wildman–Crippen LogP) is 3.12. The van der Waals surface area contributed by atoms with Gasteiger partial charge in [0.1, 0.15) is 23.2 Å². The molecule has 0 bridgehead atoms. The van der Waals surface area contributed by atoms with Crippen LogP contribution in [0.15, 0.2) is 48.8 Å². The number of nitrogens with zero attached hydrogens (tertiary/aromatic N) is 4. The van der Waals surface area contributed by atoms with Crippen molar-refractivity contribution >= 4 is 40.2 Å². The molecular formula is C29H36N7O3+. The van der Waals surface area contributed by atoms with Gasteiger partial charge in [-0.05, 0) is 45.5 Å². The number of benzene rings is 2. The highest BCUT2D eigenvalue weighted by Crippen LogP contribution is 2.37. The fourth-order valence-corrected chi connectivity index (χ4v) is 5.29. The van der Waals surface area contributed by atoms with Crippen molar-refractivity contribution in [1.29, 1.82) is 0 Å². The van der Waals surface area contributed by atoms with Gasteiger partial charge in [0.05, 0.1) is 47.6 Å². The molecule has 0 amide bonds. The van der Waals surface area contributed by atoms with Crippen LogP contribution in [0.4, 0.5) is 28.7 Å². The molecule has 39 heavy (non-hydrogen) atoms. The Labute approximate surface area is 228 Å². The van der Waals surface area contributed by atoms with Crippen LogP contribution in [0.5, 0.6) is 5.75 Å². The van der Waals surface area contributed by atoms with Crippen molar-refractivity contribution in [2.75, 3.05) is 56.9 Å². The van der Waals surface area contributed by atoms with Gasteiger partial charge in [0, 0.05) is 38.0 Å². The lowest BCUT2D eigenvalue weighted by Crippen LogP contribution is -2.69. The summed E-state index contributed by atoms with van der Waals surface area (Å²) in [5.41, 5.74) is 12.4. The lowest BCUT2D eigenvalue weighted by Gasteiger charge is -2.29. The second kappa shape index (κ2) is 11.3. The van der Waals surface area contributed by atoms with Gasteiger partial charge < -0.3 is 30.3 Å². The minimum Gasteiger partial charge on any atom is -0.494 e. The summed E-state index contributed by atoms with van der Waals surface area (Å²) in [5, 5.41) is 5.26. The van der Waals surface area contributed by atoms with Crippen LogP contribution in [0.25, 0.3) is 5.57 Å². The van der Waals surface area contributed by atoms with Gasteiger partial charge in [-0.3, -0.25) is 5.32 Å². The van der Waals surface area contributed by atoms with Gasteiger partial charge >= 0.3 is 5.97 Å². The third kappa shape index (κ3) is 5.39. The number of hydrogen-bond acceptors (Lipinski definition) is 9. The Balaban J connectivity index is 1.46. The van der Waals surface area contributed by atoms with Crippen molar-refractivity contribution in [3.8, 4) is 5.75 Å². The molecule has 5 N–H and O–H groups in total. The quantitative estimate of drug-likeness (QED) is 0.283. The van der Waals surface area contributed by atoms with Crippen molar-refractivity contribution in [2.45, 2.75) is 25.8 Å². The van der Waals surface area contributed by atoms with Gasteiger partial charge in [-0.15, -0.1) is 0 Å². The Kier molecular flexibility index (Phi) is 7.67. The number of anilines is 4. The maximum absolute atomic E-state index is 12.8. The van der Waals surface area contributed by atoms with Gasteiger partial charge in [-0.25, -0.2) is 14.8 Å². The van der Waals surface area contributed by atoms with Gasteiger partial charge in [0.2, 0.25) is 5.95 Å². The van der Waals surface area contributed by atoms with Gasteiger partial charge in [-0.1, -0.05) is 12.1 Å². The van der Waals surface area contributed by atoms with E-state index in [9.17, 15) is 4.79 Å². The van der Waals surface area contributed by atoms with Crippen LogP contribution in [0.2, 0.25) is 0 Å². The first-order valence-corrected chi connectivity index (χ1v) is 13.2. The van der Waals surface area contributed by atoms with E-state index in [-0.39, 0.29) is 6.61 Å². The average Bonchev–Trinajstić information content (AvgIpc) is 3.54. The van der Waals surface area contributed by atoms with Gasteiger partial charge in [-0.2, -0.15) is 0 Å². The second-order valence-corrected chi connectivity index (χ2v) is 9.90. The van der Waals surface area contributed by atoms with E-state index in [4.69, 9.17) is 20.2 Å². The fraction of sp³-hybridized carbons (Fsp3) is 0.345. The minimum atomic E-state index is -0.466. The molecule has 10 heteroatoms. The van der Waals surface area contributed by atoms with Gasteiger partial charge in [0.15, 0.2) is 0 Å². The number of carbonyl (C=O) groups is 1. The smallest absolute Gasteiger partial charge is 0.341 e. The average molecular weight is 531 g/mol. The molecule has 10 nitrogen and oxygen atoms in total. The Bertz CT molecular complexity index is 1410. The molecule has 0 radical (unpaired) electrons. The highest BCUT2D eigenvalue weighted by molar-refractivity contribution is 5.98. The van der Waals surface area contributed by atoms with E-state index in [1.165, 1.54) is 19.0 Å². The zero-order chi connectivity index (χ0) is 27.5. The molecule has 0 spiro atoms. The third-order valence-electron chi connectivity index (χ3n) is 7.38. The number of para-hydroxylation sites is 1. The molecule has 1 fully saturated rings. The first-order valence-electron chi connectivity index (χ1n) is 13.2. The molecular weight excluding hydrogens is 494 g/mol. The Morgan fingerprint density at radius 3 is 2.87 bits per heavy atom. The number of esters is 1. The van der Waals surface area contributed by atoms with Crippen molar-refractivity contribution < 1.29 is 19.6 Å². The number of hydrogen-bond donors (Lipinski definition) is 3. The summed E-state index contributed by atoms with van der Waals surface area (Å²) in [7, 11) is 5.84. The fourth-order valence-electron chi connectivity index (χ4n) is 5.29. The lowest BCUT2D eigenvalue weighted by atomic mass is 10.0. The van der Waals surface area contributed by atoms with E-state index in [0.717, 1.165) is 35.6 Å². The van der Waals surface area contributed by atoms with E-state index < -0.39 is 5.97 Å². The highest BCUT2D eigenvalue weighted by atomic mass is 16.5. The number of aromatic nitrogens is 2. The number of fused-ring (bicyclic) bond motifs is 1. The Morgan fingerprint density at radius 2 is 2.13 bits per heavy atom. The highest BCUT2D eigenvalue weighted by Gasteiger charge is 2.27. The third-order valence-corrected chi connectivity index (χ3v) is 7.38. The molecule has 3 heterocycles. The number of carbonyl (C=O) groups excluding carboxylic acids is 1. The van der Waals surface area contributed by atoms with E-state index in [0.29, 0.717) is 40.4 Å². The number of nitrogens with one attached hydrogen (secondary N) is 1. The van der Waals surface area contributed by atoms with Crippen LogP contribution in [0, 0.1) is 0 Å². The molecule has 1 saturated heterocycles. The van der Waals surface area contributed by atoms with E-state index in [2.05, 4.69) is 34.2 Å². The molecule has 1 aromatic heterocycles. The summed E-state index contributed by atoms with van der Waals surface area (Å²) in [6, 6.07) is 12.3. The van der Waals surface area contributed by atoms with Crippen LogP contribution in [-0.2, 0) is 4.74 Å². The lowest BCUT2D eigenvalue weighted by molar-refractivity contribution is -0.491. The van der Waals surface area contributed by atoms with Crippen LogP contribution >= 0.6 is 0 Å². The number of nitrogen functional groups attached to an aromatic ring is 1. The second-order valence-electron chi connectivity index (χ2n) is 9.90. The molecule has 5 rings (SSSR count). The number of likely N-dealkylation sites (N-methyl/N-ethyl adjacent to an activating group) is 2.